The van der Waals surface area contributed by atoms with Gasteiger partial charge in [0.05, 0.1) is 11.0 Å². The van der Waals surface area contributed by atoms with Crippen molar-refractivity contribution in [2.45, 2.75) is 75.1 Å². The lowest BCUT2D eigenvalue weighted by molar-refractivity contribution is -0.128. The number of nitrogens with zero attached hydrogens (tertiary/aromatic N) is 2. The van der Waals surface area contributed by atoms with Gasteiger partial charge in [0.1, 0.15) is 23.5 Å². The Labute approximate surface area is 222 Å². The number of nitrogens with one attached hydrogen (secondary N) is 1. The fraction of sp³-hybridized carbons (Fsp3) is 0.464. The average molecular weight is 542 g/mol. The van der Waals surface area contributed by atoms with Gasteiger partial charge in [-0.25, -0.2) is 17.6 Å². The topological polar surface area (TPSA) is 117 Å². The Hall–Kier alpha value is -3.45. The number of hydrogen-bond donors (Lipinski definition) is 1. The van der Waals surface area contributed by atoms with E-state index in [1.165, 1.54) is 29.2 Å². The molecule has 1 N–H and O–H groups in total. The molecule has 2 amide bonds. The molecule has 1 aliphatic carbocycles. The molecule has 1 saturated heterocycles. The minimum absolute atomic E-state index is 0.00872. The molecular weight excluding hydrogens is 509 g/mol. The van der Waals surface area contributed by atoms with Gasteiger partial charge in [0.15, 0.2) is 9.84 Å². The van der Waals surface area contributed by atoms with Gasteiger partial charge in [0.25, 0.3) is 0 Å². The standard InChI is InChI=1S/C28H32FN3O5S/c1-28(2,3)37-27(34)32-22-11-10-20(13-22)25(32)26(33)31-21(16-30)12-19-9-8-18(15-24(19)29)17-6-5-7-23(14-17)38(4,35)36/h5-9,14-15,20-22,25H,10-13H2,1-4H3,(H,31,33)/t20-,21?,22+,25-/m0/s1. The molecule has 4 rings (SSSR count). The fourth-order valence-corrected chi connectivity index (χ4v) is 5.97. The number of hydrogen-bond acceptors (Lipinski definition) is 6. The first-order valence-corrected chi connectivity index (χ1v) is 14.5. The molecule has 2 aromatic rings. The van der Waals surface area contributed by atoms with Crippen LogP contribution in [0.25, 0.3) is 11.1 Å². The molecule has 0 radical (unpaired) electrons. The summed E-state index contributed by atoms with van der Waals surface area (Å²) in [7, 11) is -3.41. The van der Waals surface area contributed by atoms with Crippen LogP contribution in [0.15, 0.2) is 47.4 Å². The summed E-state index contributed by atoms with van der Waals surface area (Å²) in [5, 5.41) is 12.4. The molecule has 1 heterocycles. The third kappa shape index (κ3) is 5.99. The summed E-state index contributed by atoms with van der Waals surface area (Å²) < 4.78 is 44.3. The second-order valence-electron chi connectivity index (χ2n) is 11.1. The maximum atomic E-state index is 15.0. The molecule has 2 aliphatic rings. The summed E-state index contributed by atoms with van der Waals surface area (Å²) in [6.07, 6.45) is 2.83. The molecule has 10 heteroatoms. The number of halogens is 1. The van der Waals surface area contributed by atoms with Crippen molar-refractivity contribution < 1.29 is 27.1 Å². The van der Waals surface area contributed by atoms with E-state index >= 15 is 4.39 Å². The predicted molar refractivity (Wildman–Crippen MR) is 139 cm³/mol. The highest BCUT2D eigenvalue weighted by molar-refractivity contribution is 7.90. The van der Waals surface area contributed by atoms with E-state index in [1.807, 2.05) is 6.07 Å². The Morgan fingerprint density at radius 1 is 1.18 bits per heavy atom. The maximum Gasteiger partial charge on any atom is 0.411 e. The molecule has 2 fully saturated rings. The zero-order chi connectivity index (χ0) is 27.8. The van der Waals surface area contributed by atoms with Crippen molar-refractivity contribution in [2.24, 2.45) is 5.92 Å². The number of likely N-dealkylation sites (tertiary alicyclic amines) is 1. The Kier molecular flexibility index (Phi) is 7.53. The van der Waals surface area contributed by atoms with Crippen LogP contribution in [0.2, 0.25) is 0 Å². The molecular formula is C28H32FN3O5S. The normalized spacial score (nSPS) is 21.6. The second-order valence-corrected chi connectivity index (χ2v) is 13.1. The van der Waals surface area contributed by atoms with E-state index < -0.39 is 45.3 Å². The Balaban J connectivity index is 1.47. The van der Waals surface area contributed by atoms with Gasteiger partial charge in [0, 0.05) is 18.7 Å². The highest BCUT2D eigenvalue weighted by Gasteiger charge is 2.52. The summed E-state index contributed by atoms with van der Waals surface area (Å²) in [5.41, 5.74) is 0.563. The molecule has 0 spiro atoms. The molecule has 4 atom stereocenters. The molecule has 1 saturated carbocycles. The van der Waals surface area contributed by atoms with E-state index in [9.17, 15) is 23.3 Å². The monoisotopic (exact) mass is 541 g/mol. The van der Waals surface area contributed by atoms with Crippen LogP contribution in [-0.2, 0) is 25.8 Å². The first-order chi connectivity index (χ1) is 17.8. The highest BCUT2D eigenvalue weighted by atomic mass is 32.2. The zero-order valence-corrected chi connectivity index (χ0v) is 22.7. The maximum absolute atomic E-state index is 15.0. The number of ether oxygens (including phenoxy) is 1. The van der Waals surface area contributed by atoms with Crippen molar-refractivity contribution in [1.29, 1.82) is 5.26 Å². The summed E-state index contributed by atoms with van der Waals surface area (Å²) in [6, 6.07) is 10.9. The van der Waals surface area contributed by atoms with Crippen molar-refractivity contribution in [3.63, 3.8) is 0 Å². The quantitative estimate of drug-likeness (QED) is 0.585. The van der Waals surface area contributed by atoms with Crippen LogP contribution in [0, 0.1) is 23.1 Å². The number of benzene rings is 2. The van der Waals surface area contributed by atoms with Crippen molar-refractivity contribution in [2.75, 3.05) is 6.26 Å². The summed E-state index contributed by atoms with van der Waals surface area (Å²) in [4.78, 5) is 27.8. The zero-order valence-electron chi connectivity index (χ0n) is 21.9. The highest BCUT2D eigenvalue weighted by Crippen LogP contribution is 2.43. The third-order valence-corrected chi connectivity index (χ3v) is 8.11. The number of carbonyl (C=O) groups excluding carboxylic acids is 2. The van der Waals surface area contributed by atoms with Crippen molar-refractivity contribution >= 4 is 21.8 Å². The largest absolute Gasteiger partial charge is 0.444 e. The molecule has 1 unspecified atom stereocenters. The van der Waals surface area contributed by atoms with Gasteiger partial charge < -0.3 is 10.1 Å². The molecule has 8 nitrogen and oxygen atoms in total. The molecule has 1 aliphatic heterocycles. The SMILES string of the molecule is CC(C)(C)OC(=O)N1[C@@H]2CC[C@@H](C2)[C@H]1C(=O)NC(C#N)Cc1ccc(-c2cccc(S(C)(=O)=O)c2)cc1F. The van der Waals surface area contributed by atoms with E-state index in [4.69, 9.17) is 4.74 Å². The van der Waals surface area contributed by atoms with Gasteiger partial charge in [0.2, 0.25) is 5.91 Å². The lowest BCUT2D eigenvalue weighted by atomic mass is 9.97. The van der Waals surface area contributed by atoms with Crippen LogP contribution < -0.4 is 5.32 Å². The number of carbonyl (C=O) groups is 2. The van der Waals surface area contributed by atoms with E-state index in [0.29, 0.717) is 17.5 Å². The van der Waals surface area contributed by atoms with Crippen LogP contribution in [0.1, 0.15) is 45.6 Å². The van der Waals surface area contributed by atoms with Crippen molar-refractivity contribution in [3.05, 3.63) is 53.8 Å². The summed E-state index contributed by atoms with van der Waals surface area (Å²) >= 11 is 0. The van der Waals surface area contributed by atoms with Crippen molar-refractivity contribution in [3.8, 4) is 17.2 Å². The number of rotatable bonds is 6. The minimum atomic E-state index is -3.41. The van der Waals surface area contributed by atoms with Gasteiger partial charge in [-0.3, -0.25) is 9.69 Å². The second kappa shape index (κ2) is 10.4. The average Bonchev–Trinajstić information content (AvgIpc) is 3.45. The van der Waals surface area contributed by atoms with Crippen LogP contribution in [0.4, 0.5) is 9.18 Å². The summed E-state index contributed by atoms with van der Waals surface area (Å²) in [6.45, 7) is 5.30. The molecule has 2 bridgehead atoms. The number of nitriles is 1. The molecule has 202 valence electrons. The Bertz CT molecular complexity index is 1400. The van der Waals surface area contributed by atoms with E-state index in [-0.39, 0.29) is 28.8 Å². The molecule has 38 heavy (non-hydrogen) atoms. The van der Waals surface area contributed by atoms with E-state index in [1.54, 1.807) is 39.0 Å². The fourth-order valence-electron chi connectivity index (χ4n) is 5.31. The van der Waals surface area contributed by atoms with Gasteiger partial charge in [-0.1, -0.05) is 24.3 Å². The van der Waals surface area contributed by atoms with Gasteiger partial charge >= 0.3 is 6.09 Å². The number of sulfone groups is 1. The first-order valence-electron chi connectivity index (χ1n) is 12.6. The van der Waals surface area contributed by atoms with Crippen LogP contribution >= 0.6 is 0 Å². The Morgan fingerprint density at radius 3 is 2.53 bits per heavy atom. The third-order valence-electron chi connectivity index (χ3n) is 7.00. The van der Waals surface area contributed by atoms with Crippen LogP contribution in [-0.4, -0.2) is 55.3 Å². The lowest BCUT2D eigenvalue weighted by Crippen LogP contribution is -2.55. The number of amides is 2. The smallest absolute Gasteiger partial charge is 0.411 e. The summed E-state index contributed by atoms with van der Waals surface area (Å²) in [5.74, 6) is -1.02. The lowest BCUT2D eigenvalue weighted by Gasteiger charge is -2.35. The van der Waals surface area contributed by atoms with Crippen LogP contribution in [0.3, 0.4) is 0 Å². The van der Waals surface area contributed by atoms with Crippen LogP contribution in [0.5, 0.6) is 0 Å². The number of fused-ring (bicyclic) bond motifs is 2. The van der Waals surface area contributed by atoms with Gasteiger partial charge in [-0.15, -0.1) is 0 Å². The predicted octanol–water partition coefficient (Wildman–Crippen LogP) is 4.24. The van der Waals surface area contributed by atoms with Gasteiger partial charge in [-0.2, -0.15) is 5.26 Å². The molecule has 0 aromatic heterocycles. The van der Waals surface area contributed by atoms with Gasteiger partial charge in [-0.05, 0) is 80.8 Å². The first kappa shape index (κ1) is 27.6. The Morgan fingerprint density at radius 2 is 1.89 bits per heavy atom. The molecule has 2 aromatic carbocycles. The number of piperidine rings is 1. The van der Waals surface area contributed by atoms with E-state index in [2.05, 4.69) is 5.32 Å². The van der Waals surface area contributed by atoms with Crippen molar-refractivity contribution in [1.82, 2.24) is 10.2 Å². The minimum Gasteiger partial charge on any atom is -0.444 e. The van der Waals surface area contributed by atoms with E-state index in [0.717, 1.165) is 19.1 Å².